The summed E-state index contributed by atoms with van der Waals surface area (Å²) in [5.74, 6) is 0.349. The normalized spacial score (nSPS) is 24.8. The molecule has 8 nitrogen and oxygen atoms in total. The standard InChI is InChI=1S/C23H28N4O4/c1-6-22(4)19(28)27(21(29)26-22)15(3)12-25-20(24-5)31-17-9-8-14(2)16-13-30-23(18(16)17)10-7-11-23/h8-9,12H,5-7,10-11,13H2,1-4H3,(H,26,29)/b15-12+,25-20+/t22-/m1/s1. The largest absolute Gasteiger partial charge is 0.424 e. The van der Waals surface area contributed by atoms with E-state index >= 15 is 0 Å². The molecule has 1 aromatic rings. The second-order valence-corrected chi connectivity index (χ2v) is 8.57. The fourth-order valence-corrected chi connectivity index (χ4v) is 4.32. The van der Waals surface area contributed by atoms with E-state index in [9.17, 15) is 9.59 Å². The third-order valence-corrected chi connectivity index (χ3v) is 6.64. The molecule has 1 spiro atoms. The fourth-order valence-electron chi connectivity index (χ4n) is 4.32. The minimum absolute atomic E-state index is 0.0390. The van der Waals surface area contributed by atoms with Crippen LogP contribution in [0.5, 0.6) is 5.75 Å². The van der Waals surface area contributed by atoms with Crippen molar-refractivity contribution in [3.05, 3.63) is 40.7 Å². The van der Waals surface area contributed by atoms with Crippen molar-refractivity contribution in [3.63, 3.8) is 0 Å². The van der Waals surface area contributed by atoms with E-state index in [0.717, 1.165) is 35.3 Å². The minimum atomic E-state index is -0.911. The van der Waals surface area contributed by atoms with Crippen LogP contribution in [0.1, 0.15) is 63.1 Å². The zero-order chi connectivity index (χ0) is 22.4. The molecular weight excluding hydrogens is 396 g/mol. The van der Waals surface area contributed by atoms with Gasteiger partial charge in [-0.1, -0.05) is 13.0 Å². The lowest BCUT2D eigenvalue weighted by atomic mass is 9.74. The summed E-state index contributed by atoms with van der Waals surface area (Å²) in [6, 6.07) is 3.48. The van der Waals surface area contributed by atoms with Gasteiger partial charge in [0.2, 0.25) is 0 Å². The number of benzene rings is 1. The molecule has 0 radical (unpaired) electrons. The van der Waals surface area contributed by atoms with E-state index in [-0.39, 0.29) is 17.5 Å². The quantitative estimate of drug-likeness (QED) is 0.450. The topological polar surface area (TPSA) is 92.6 Å². The number of aliphatic imine (C=N–C) groups is 2. The van der Waals surface area contributed by atoms with Gasteiger partial charge in [0.05, 0.1) is 18.4 Å². The van der Waals surface area contributed by atoms with Gasteiger partial charge in [0, 0.05) is 11.3 Å². The van der Waals surface area contributed by atoms with Crippen LogP contribution >= 0.6 is 0 Å². The molecule has 3 amide bonds. The molecule has 1 saturated carbocycles. The molecule has 164 valence electrons. The van der Waals surface area contributed by atoms with E-state index < -0.39 is 11.6 Å². The number of amidine groups is 1. The molecule has 2 fully saturated rings. The molecule has 0 bridgehead atoms. The summed E-state index contributed by atoms with van der Waals surface area (Å²) in [6.45, 7) is 11.4. The molecule has 0 aromatic heterocycles. The predicted octanol–water partition coefficient (Wildman–Crippen LogP) is 3.92. The fraction of sp³-hybridized carbons (Fsp3) is 0.478. The molecular formula is C23H28N4O4. The first-order valence-corrected chi connectivity index (χ1v) is 10.6. The van der Waals surface area contributed by atoms with Crippen LogP contribution in [0.15, 0.2) is 34.0 Å². The van der Waals surface area contributed by atoms with Crippen molar-refractivity contribution in [3.8, 4) is 5.75 Å². The van der Waals surface area contributed by atoms with Gasteiger partial charge in [-0.25, -0.2) is 19.7 Å². The van der Waals surface area contributed by atoms with E-state index in [2.05, 4.69) is 28.9 Å². The molecule has 8 heteroatoms. The van der Waals surface area contributed by atoms with Crippen LogP contribution in [0.3, 0.4) is 0 Å². The van der Waals surface area contributed by atoms with Crippen LogP contribution in [0.2, 0.25) is 0 Å². The lowest BCUT2D eigenvalue weighted by molar-refractivity contribution is -0.129. The summed E-state index contributed by atoms with van der Waals surface area (Å²) in [5.41, 5.74) is 2.58. The molecule has 1 atom stereocenters. The van der Waals surface area contributed by atoms with Crippen molar-refractivity contribution in [2.24, 2.45) is 9.98 Å². The highest BCUT2D eigenvalue weighted by atomic mass is 16.5. The Kier molecular flexibility index (Phi) is 5.21. The summed E-state index contributed by atoms with van der Waals surface area (Å²) >= 11 is 0. The first-order chi connectivity index (χ1) is 14.7. The molecule has 2 heterocycles. The predicted molar refractivity (Wildman–Crippen MR) is 117 cm³/mol. The molecule has 1 aliphatic carbocycles. The number of hydrogen-bond donors (Lipinski definition) is 1. The van der Waals surface area contributed by atoms with Crippen molar-refractivity contribution in [1.29, 1.82) is 0 Å². The summed E-state index contributed by atoms with van der Waals surface area (Å²) in [4.78, 5) is 34.2. The van der Waals surface area contributed by atoms with Gasteiger partial charge in [-0.3, -0.25) is 4.79 Å². The highest BCUT2D eigenvalue weighted by Gasteiger charge is 2.48. The Morgan fingerprint density at radius 1 is 1.39 bits per heavy atom. The number of carbonyl (C=O) groups excluding carboxylic acids is 2. The highest BCUT2D eigenvalue weighted by molar-refractivity contribution is 6.08. The van der Waals surface area contributed by atoms with Gasteiger partial charge < -0.3 is 14.8 Å². The van der Waals surface area contributed by atoms with Gasteiger partial charge in [0.1, 0.15) is 11.3 Å². The van der Waals surface area contributed by atoms with Crippen LogP contribution in [-0.2, 0) is 21.7 Å². The van der Waals surface area contributed by atoms with E-state index in [0.29, 0.717) is 24.5 Å². The molecule has 31 heavy (non-hydrogen) atoms. The number of fused-ring (bicyclic) bond motifs is 2. The van der Waals surface area contributed by atoms with Crippen molar-refractivity contribution in [2.45, 2.75) is 71.1 Å². The number of nitrogens with one attached hydrogen (secondary N) is 1. The Morgan fingerprint density at radius 3 is 2.71 bits per heavy atom. The zero-order valence-corrected chi connectivity index (χ0v) is 18.4. The first-order valence-electron chi connectivity index (χ1n) is 10.6. The van der Waals surface area contributed by atoms with Crippen LogP contribution in [-0.4, -0.2) is 35.1 Å². The smallest absolute Gasteiger partial charge is 0.329 e. The van der Waals surface area contributed by atoms with Crippen LogP contribution < -0.4 is 10.1 Å². The van der Waals surface area contributed by atoms with E-state index in [1.54, 1.807) is 13.8 Å². The second kappa shape index (κ2) is 7.60. The number of nitrogens with zero attached hydrogens (tertiary/aromatic N) is 3. The first kappa shape index (κ1) is 21.2. The van der Waals surface area contributed by atoms with Crippen molar-refractivity contribution < 1.29 is 19.1 Å². The number of amides is 3. The monoisotopic (exact) mass is 424 g/mol. The number of hydrogen-bond acceptors (Lipinski definition) is 5. The summed E-state index contributed by atoms with van der Waals surface area (Å²) in [6.07, 6.45) is 4.95. The van der Waals surface area contributed by atoms with Gasteiger partial charge in [-0.2, -0.15) is 0 Å². The van der Waals surface area contributed by atoms with Gasteiger partial charge in [0.25, 0.3) is 5.91 Å². The maximum Gasteiger partial charge on any atom is 0.329 e. The Morgan fingerprint density at radius 2 is 2.13 bits per heavy atom. The molecule has 1 N–H and O–H groups in total. The SMILES string of the molecule is C=N/C(=N\C=C(/C)N1C(=O)N[C@](C)(CC)C1=O)Oc1ccc(C)c2c1C1(CCC1)OC2. The zero-order valence-electron chi connectivity index (χ0n) is 18.4. The lowest BCUT2D eigenvalue weighted by Crippen LogP contribution is -2.42. The average Bonchev–Trinajstić information content (AvgIpc) is 3.24. The number of carbonyl (C=O) groups is 2. The Labute approximate surface area is 182 Å². The molecule has 0 unspecified atom stereocenters. The van der Waals surface area contributed by atoms with E-state index in [4.69, 9.17) is 9.47 Å². The Bertz CT molecular complexity index is 1020. The molecule has 2 aliphatic heterocycles. The van der Waals surface area contributed by atoms with Gasteiger partial charge in [0.15, 0.2) is 0 Å². The van der Waals surface area contributed by atoms with Gasteiger partial charge in [-0.05, 0) is 70.4 Å². The van der Waals surface area contributed by atoms with Crippen LogP contribution in [0.25, 0.3) is 0 Å². The van der Waals surface area contributed by atoms with E-state index in [1.807, 2.05) is 19.1 Å². The molecule has 4 rings (SSSR count). The number of allylic oxidation sites excluding steroid dienone is 1. The van der Waals surface area contributed by atoms with Gasteiger partial charge in [-0.15, -0.1) is 0 Å². The Balaban J connectivity index is 1.60. The van der Waals surface area contributed by atoms with Crippen molar-refractivity contribution >= 4 is 24.7 Å². The van der Waals surface area contributed by atoms with Crippen LogP contribution in [0.4, 0.5) is 4.79 Å². The number of ether oxygens (including phenoxy) is 2. The van der Waals surface area contributed by atoms with Crippen molar-refractivity contribution in [1.82, 2.24) is 10.2 Å². The minimum Gasteiger partial charge on any atom is -0.424 e. The third kappa shape index (κ3) is 3.35. The maximum absolute atomic E-state index is 12.7. The van der Waals surface area contributed by atoms with Gasteiger partial charge >= 0.3 is 12.1 Å². The number of imide groups is 1. The lowest BCUT2D eigenvalue weighted by Gasteiger charge is -2.38. The molecule has 3 aliphatic rings. The number of aryl methyl sites for hydroxylation is 1. The summed E-state index contributed by atoms with van der Waals surface area (Å²) in [5, 5.41) is 2.72. The maximum atomic E-state index is 12.7. The van der Waals surface area contributed by atoms with Crippen molar-refractivity contribution in [2.75, 3.05) is 0 Å². The Hall–Kier alpha value is -3.00. The van der Waals surface area contributed by atoms with E-state index in [1.165, 1.54) is 11.8 Å². The molecule has 1 saturated heterocycles. The highest BCUT2D eigenvalue weighted by Crippen LogP contribution is 2.54. The molecule has 1 aromatic carbocycles. The second-order valence-electron chi connectivity index (χ2n) is 8.57. The average molecular weight is 425 g/mol. The third-order valence-electron chi connectivity index (χ3n) is 6.64. The number of urea groups is 1. The van der Waals surface area contributed by atoms with Crippen LogP contribution in [0, 0.1) is 6.92 Å². The number of rotatable bonds is 4. The summed E-state index contributed by atoms with van der Waals surface area (Å²) in [7, 11) is 0. The summed E-state index contributed by atoms with van der Waals surface area (Å²) < 4.78 is 12.2.